The monoisotopic (exact) mass is 439 g/mol. The number of nitrogens with zero attached hydrogens (tertiary/aromatic N) is 1. The fourth-order valence-electron chi connectivity index (χ4n) is 4.84. The number of rotatable bonds is 5. The van der Waals surface area contributed by atoms with Gasteiger partial charge in [0, 0.05) is 0 Å². The van der Waals surface area contributed by atoms with Gasteiger partial charge in [0.15, 0.2) is 0 Å². The maximum absolute atomic E-state index is 12.8. The predicted octanol–water partition coefficient (Wildman–Crippen LogP) is 5.18. The van der Waals surface area contributed by atoms with E-state index < -0.39 is 5.97 Å². The zero-order valence-electron chi connectivity index (χ0n) is 18.3. The number of amides is 2. The molecule has 1 aliphatic carbocycles. The van der Waals surface area contributed by atoms with Crippen LogP contribution < -0.4 is 9.64 Å². The summed E-state index contributed by atoms with van der Waals surface area (Å²) in [7, 11) is 0. The van der Waals surface area contributed by atoms with Crippen molar-refractivity contribution in [2.24, 2.45) is 11.8 Å². The third-order valence-electron chi connectivity index (χ3n) is 6.59. The van der Waals surface area contributed by atoms with Gasteiger partial charge >= 0.3 is 5.97 Å². The molecule has 2 aliphatic rings. The van der Waals surface area contributed by atoms with Crippen molar-refractivity contribution in [2.45, 2.75) is 32.1 Å². The Morgan fingerprint density at radius 1 is 0.758 bits per heavy atom. The number of esters is 1. The van der Waals surface area contributed by atoms with E-state index in [4.69, 9.17) is 4.74 Å². The van der Waals surface area contributed by atoms with Crippen molar-refractivity contribution in [1.82, 2.24) is 0 Å². The molecule has 2 unspecified atom stereocenters. The van der Waals surface area contributed by atoms with E-state index in [9.17, 15) is 14.4 Å². The molecular formula is C28H25NO4. The number of carbonyl (C=O) groups excluding carboxylic acids is 3. The highest BCUT2D eigenvalue weighted by Crippen LogP contribution is 2.40. The molecule has 1 aliphatic heterocycles. The maximum atomic E-state index is 12.8. The highest BCUT2D eigenvalue weighted by molar-refractivity contribution is 6.22. The maximum Gasteiger partial charge on any atom is 0.343 e. The van der Waals surface area contributed by atoms with Crippen molar-refractivity contribution in [3.05, 3.63) is 95.6 Å². The third-order valence-corrected chi connectivity index (χ3v) is 6.59. The van der Waals surface area contributed by atoms with Gasteiger partial charge in [-0.05, 0) is 66.8 Å². The minimum absolute atomic E-state index is 0.115. The van der Waals surface area contributed by atoms with E-state index in [2.05, 4.69) is 12.1 Å². The molecule has 1 heterocycles. The quantitative estimate of drug-likeness (QED) is 0.312. The Morgan fingerprint density at radius 2 is 1.33 bits per heavy atom. The van der Waals surface area contributed by atoms with Crippen LogP contribution in [0.5, 0.6) is 5.75 Å². The molecule has 1 saturated heterocycles. The first kappa shape index (κ1) is 21.1. The van der Waals surface area contributed by atoms with Crippen LogP contribution in [-0.4, -0.2) is 17.8 Å². The molecule has 3 aromatic rings. The second kappa shape index (κ2) is 9.02. The Balaban J connectivity index is 1.24. The van der Waals surface area contributed by atoms with Crippen LogP contribution in [0, 0.1) is 11.8 Å². The molecule has 3 aromatic carbocycles. The molecule has 0 bridgehead atoms. The molecule has 0 radical (unpaired) electrons. The topological polar surface area (TPSA) is 63.7 Å². The largest absolute Gasteiger partial charge is 0.423 e. The van der Waals surface area contributed by atoms with Crippen LogP contribution in [0.15, 0.2) is 78.9 Å². The lowest BCUT2D eigenvalue weighted by Crippen LogP contribution is -2.30. The summed E-state index contributed by atoms with van der Waals surface area (Å²) in [6.07, 6.45) is 4.35. The smallest absolute Gasteiger partial charge is 0.343 e. The van der Waals surface area contributed by atoms with Gasteiger partial charge in [0.25, 0.3) is 0 Å². The Bertz CT molecular complexity index is 1140. The molecular weight excluding hydrogens is 414 g/mol. The summed E-state index contributed by atoms with van der Waals surface area (Å²) in [6.45, 7) is 0. The number of hydrogen-bond donors (Lipinski definition) is 0. The van der Waals surface area contributed by atoms with Crippen molar-refractivity contribution in [3.63, 3.8) is 0 Å². The number of anilines is 1. The van der Waals surface area contributed by atoms with Gasteiger partial charge in [0.2, 0.25) is 11.8 Å². The van der Waals surface area contributed by atoms with Crippen LogP contribution in [0.1, 0.15) is 47.2 Å². The number of benzene rings is 3. The van der Waals surface area contributed by atoms with E-state index in [1.54, 1.807) is 36.4 Å². The van der Waals surface area contributed by atoms with Gasteiger partial charge < -0.3 is 4.74 Å². The van der Waals surface area contributed by atoms with Crippen molar-refractivity contribution >= 4 is 23.5 Å². The Kier molecular flexibility index (Phi) is 5.78. The van der Waals surface area contributed by atoms with E-state index in [1.807, 2.05) is 30.3 Å². The van der Waals surface area contributed by atoms with E-state index >= 15 is 0 Å². The highest BCUT2D eigenvalue weighted by atomic mass is 16.5. The molecule has 5 rings (SSSR count). The van der Waals surface area contributed by atoms with Crippen LogP contribution >= 0.6 is 0 Å². The number of ether oxygens (including phenoxy) is 1. The minimum Gasteiger partial charge on any atom is -0.423 e. The minimum atomic E-state index is -0.481. The van der Waals surface area contributed by atoms with Gasteiger partial charge in [-0.1, -0.05) is 55.3 Å². The summed E-state index contributed by atoms with van der Waals surface area (Å²) in [5, 5.41) is 0. The molecule has 166 valence electrons. The lowest BCUT2D eigenvalue weighted by Gasteiger charge is -2.19. The predicted molar refractivity (Wildman–Crippen MR) is 125 cm³/mol. The summed E-state index contributed by atoms with van der Waals surface area (Å²) in [6, 6.07) is 24.1. The molecule has 2 atom stereocenters. The summed E-state index contributed by atoms with van der Waals surface area (Å²) in [5.41, 5.74) is 3.23. The molecule has 0 N–H and O–H groups in total. The number of hydrogen-bond acceptors (Lipinski definition) is 4. The van der Waals surface area contributed by atoms with Gasteiger partial charge in [-0.25, -0.2) is 4.79 Å². The zero-order chi connectivity index (χ0) is 22.8. The fourth-order valence-corrected chi connectivity index (χ4v) is 4.84. The van der Waals surface area contributed by atoms with Gasteiger partial charge in [0.1, 0.15) is 5.75 Å². The molecule has 5 nitrogen and oxygen atoms in total. The zero-order valence-corrected chi connectivity index (χ0v) is 18.3. The molecule has 0 spiro atoms. The molecule has 2 fully saturated rings. The van der Waals surface area contributed by atoms with E-state index in [1.165, 1.54) is 10.5 Å². The van der Waals surface area contributed by atoms with E-state index in [0.29, 0.717) is 17.0 Å². The Labute approximate surface area is 193 Å². The summed E-state index contributed by atoms with van der Waals surface area (Å²) in [5.74, 6) is -0.632. The van der Waals surface area contributed by atoms with Crippen molar-refractivity contribution < 1.29 is 19.1 Å². The van der Waals surface area contributed by atoms with Crippen LogP contribution in [0.4, 0.5) is 5.69 Å². The van der Waals surface area contributed by atoms with Gasteiger partial charge in [0.05, 0.1) is 23.1 Å². The Hall–Kier alpha value is -3.73. The van der Waals surface area contributed by atoms with E-state index in [0.717, 1.165) is 37.7 Å². The van der Waals surface area contributed by atoms with Gasteiger partial charge in [-0.2, -0.15) is 0 Å². The van der Waals surface area contributed by atoms with Crippen LogP contribution in [0.3, 0.4) is 0 Å². The Morgan fingerprint density at radius 3 is 1.94 bits per heavy atom. The number of carbonyl (C=O) groups is 3. The molecule has 0 aromatic heterocycles. The molecule has 33 heavy (non-hydrogen) atoms. The molecule has 2 amide bonds. The second-order valence-electron chi connectivity index (χ2n) is 8.75. The first-order valence-corrected chi connectivity index (χ1v) is 11.4. The van der Waals surface area contributed by atoms with Crippen molar-refractivity contribution in [1.29, 1.82) is 0 Å². The second-order valence-corrected chi connectivity index (χ2v) is 8.75. The number of imide groups is 1. The average Bonchev–Trinajstić information content (AvgIpc) is 3.11. The number of fused-ring (bicyclic) bond motifs is 1. The van der Waals surface area contributed by atoms with Crippen LogP contribution in [0.25, 0.3) is 0 Å². The first-order valence-electron chi connectivity index (χ1n) is 11.4. The first-order chi connectivity index (χ1) is 16.1. The lowest BCUT2D eigenvalue weighted by atomic mass is 9.81. The van der Waals surface area contributed by atoms with Gasteiger partial charge in [-0.15, -0.1) is 0 Å². The lowest BCUT2D eigenvalue weighted by molar-refractivity contribution is -0.122. The van der Waals surface area contributed by atoms with Crippen LogP contribution in [-0.2, 0) is 16.0 Å². The van der Waals surface area contributed by atoms with Crippen molar-refractivity contribution in [2.75, 3.05) is 4.90 Å². The summed E-state index contributed by atoms with van der Waals surface area (Å²) >= 11 is 0. The third kappa shape index (κ3) is 4.31. The average molecular weight is 440 g/mol. The molecule has 5 heteroatoms. The SMILES string of the molecule is O=C(Oc1ccc(Cc2ccccc2)cc1)c1ccc(N2C(=O)C3CCCCC3C2=O)cc1. The standard InChI is InChI=1S/C28H25NO4/c30-26-24-8-4-5-9-25(24)27(31)29(26)22-14-12-21(13-15-22)28(32)33-23-16-10-20(11-17-23)18-19-6-2-1-3-7-19/h1-3,6-7,10-17,24-25H,4-5,8-9,18H2. The normalized spacial score (nSPS) is 19.9. The highest BCUT2D eigenvalue weighted by Gasteiger charge is 2.48. The van der Waals surface area contributed by atoms with Crippen LogP contribution in [0.2, 0.25) is 0 Å². The van der Waals surface area contributed by atoms with Gasteiger partial charge in [-0.3, -0.25) is 14.5 Å². The van der Waals surface area contributed by atoms with Crippen molar-refractivity contribution in [3.8, 4) is 5.75 Å². The summed E-state index contributed by atoms with van der Waals surface area (Å²) in [4.78, 5) is 39.4. The fraction of sp³-hybridized carbons (Fsp3) is 0.250. The molecule has 1 saturated carbocycles. The summed E-state index contributed by atoms with van der Waals surface area (Å²) < 4.78 is 5.50. The van der Waals surface area contributed by atoms with E-state index in [-0.39, 0.29) is 23.7 Å².